The number of hydrogen-bond acceptors (Lipinski definition) is 6. The fraction of sp³-hybridized carbons (Fsp3) is 0.188. The van der Waals surface area contributed by atoms with Gasteiger partial charge in [-0.15, -0.1) is 21.5 Å². The van der Waals surface area contributed by atoms with E-state index >= 15 is 0 Å². The Morgan fingerprint density at radius 2 is 2.04 bits per heavy atom. The molecule has 3 aromatic rings. The number of nitrogen functional groups attached to an aromatic ring is 1. The van der Waals surface area contributed by atoms with E-state index in [1.807, 2.05) is 41.8 Å². The highest BCUT2D eigenvalue weighted by molar-refractivity contribution is 9.10. The maximum atomic E-state index is 12.1. The third-order valence-corrected chi connectivity index (χ3v) is 5.78. The first-order valence-electron chi connectivity index (χ1n) is 7.31. The first-order chi connectivity index (χ1) is 11.6. The Morgan fingerprint density at radius 1 is 1.25 bits per heavy atom. The number of nitrogens with two attached hydrogens (primary N) is 1. The van der Waals surface area contributed by atoms with E-state index in [9.17, 15) is 4.79 Å². The number of rotatable bonds is 7. The van der Waals surface area contributed by atoms with Crippen LogP contribution in [0.5, 0.6) is 0 Å². The fourth-order valence-electron chi connectivity index (χ4n) is 2.13. The molecule has 0 aliphatic carbocycles. The van der Waals surface area contributed by atoms with Crippen LogP contribution in [0.25, 0.3) is 10.7 Å². The van der Waals surface area contributed by atoms with Gasteiger partial charge in [0.1, 0.15) is 0 Å². The van der Waals surface area contributed by atoms with Crippen LogP contribution in [0.4, 0.5) is 0 Å². The molecule has 2 aromatic heterocycles. The quantitative estimate of drug-likeness (QED) is 0.266. The van der Waals surface area contributed by atoms with E-state index in [4.69, 9.17) is 5.84 Å². The summed E-state index contributed by atoms with van der Waals surface area (Å²) in [6.45, 7) is 0. The molecule has 2 heterocycles. The van der Waals surface area contributed by atoms with Crippen molar-refractivity contribution < 1.29 is 4.79 Å². The number of thioether (sulfide) groups is 1. The number of aromatic nitrogens is 3. The van der Waals surface area contributed by atoms with Crippen molar-refractivity contribution in [3.8, 4) is 10.7 Å². The van der Waals surface area contributed by atoms with Gasteiger partial charge in [-0.1, -0.05) is 45.9 Å². The lowest BCUT2D eigenvalue weighted by molar-refractivity contribution is 0.0982. The minimum absolute atomic E-state index is 0.150. The van der Waals surface area contributed by atoms with E-state index in [1.54, 1.807) is 11.3 Å². The van der Waals surface area contributed by atoms with Crippen LogP contribution in [0, 0.1) is 0 Å². The molecule has 24 heavy (non-hydrogen) atoms. The topological polar surface area (TPSA) is 73.8 Å². The number of benzene rings is 1. The Hall–Kier alpha value is -1.64. The van der Waals surface area contributed by atoms with Gasteiger partial charge in [-0.2, -0.15) is 0 Å². The molecule has 0 fully saturated rings. The maximum absolute atomic E-state index is 12.1. The minimum atomic E-state index is 0.150. The van der Waals surface area contributed by atoms with Crippen molar-refractivity contribution in [3.05, 3.63) is 51.8 Å². The molecule has 0 aliphatic rings. The Balaban J connectivity index is 1.50. The zero-order valence-corrected chi connectivity index (χ0v) is 15.9. The third kappa shape index (κ3) is 4.06. The predicted molar refractivity (Wildman–Crippen MR) is 102 cm³/mol. The average molecular weight is 423 g/mol. The summed E-state index contributed by atoms with van der Waals surface area (Å²) in [6, 6.07) is 11.3. The number of hydrogen-bond donors (Lipinski definition) is 1. The van der Waals surface area contributed by atoms with Crippen LogP contribution in [0.3, 0.4) is 0 Å². The highest BCUT2D eigenvalue weighted by Crippen LogP contribution is 2.25. The van der Waals surface area contributed by atoms with Crippen LogP contribution in [0.1, 0.15) is 23.2 Å². The van der Waals surface area contributed by atoms with E-state index < -0.39 is 0 Å². The van der Waals surface area contributed by atoms with Gasteiger partial charge in [0.2, 0.25) is 5.16 Å². The number of Topliss-reactive ketones (excluding diaryl/α,β-unsaturated/α-hetero) is 1. The number of halogens is 1. The second-order valence-electron chi connectivity index (χ2n) is 5.04. The molecule has 0 radical (unpaired) electrons. The van der Waals surface area contributed by atoms with E-state index in [-0.39, 0.29) is 5.78 Å². The summed E-state index contributed by atoms with van der Waals surface area (Å²) in [7, 11) is 0. The minimum Gasteiger partial charge on any atom is -0.335 e. The number of thiophene rings is 1. The lowest BCUT2D eigenvalue weighted by Gasteiger charge is -2.03. The zero-order valence-electron chi connectivity index (χ0n) is 12.7. The normalized spacial score (nSPS) is 10.9. The summed E-state index contributed by atoms with van der Waals surface area (Å²) in [4.78, 5) is 13.1. The van der Waals surface area contributed by atoms with E-state index in [0.29, 0.717) is 17.4 Å². The molecule has 1 aromatic carbocycles. The lowest BCUT2D eigenvalue weighted by atomic mass is 10.1. The molecule has 124 valence electrons. The third-order valence-electron chi connectivity index (χ3n) is 3.35. The van der Waals surface area contributed by atoms with Crippen molar-refractivity contribution in [2.75, 3.05) is 11.6 Å². The molecule has 3 rings (SSSR count). The van der Waals surface area contributed by atoms with E-state index in [1.165, 1.54) is 16.4 Å². The van der Waals surface area contributed by atoms with Gasteiger partial charge < -0.3 is 5.84 Å². The number of carbonyl (C=O) groups excluding carboxylic acids is 1. The Bertz CT molecular complexity index is 815. The lowest BCUT2D eigenvalue weighted by Crippen LogP contribution is -2.11. The van der Waals surface area contributed by atoms with Gasteiger partial charge in [-0.25, -0.2) is 4.68 Å². The van der Waals surface area contributed by atoms with Crippen molar-refractivity contribution in [1.82, 2.24) is 14.9 Å². The monoisotopic (exact) mass is 422 g/mol. The first-order valence-corrected chi connectivity index (χ1v) is 9.97. The molecule has 0 saturated heterocycles. The van der Waals surface area contributed by atoms with Crippen LogP contribution in [0.2, 0.25) is 0 Å². The smallest absolute Gasteiger partial charge is 0.210 e. The highest BCUT2D eigenvalue weighted by Gasteiger charge is 2.13. The number of ketones is 1. The maximum Gasteiger partial charge on any atom is 0.210 e. The molecular formula is C16H15BrN4OS2. The molecule has 8 heteroatoms. The molecule has 0 saturated carbocycles. The SMILES string of the molecule is Nn1c(SCCCC(=O)c2ccc(Br)cc2)nnc1-c1cccs1. The second-order valence-corrected chi connectivity index (χ2v) is 7.96. The van der Waals surface area contributed by atoms with Gasteiger partial charge in [0.15, 0.2) is 11.6 Å². The first kappa shape index (κ1) is 17.2. The largest absolute Gasteiger partial charge is 0.335 e. The number of nitrogens with zero attached hydrogens (tertiary/aromatic N) is 3. The van der Waals surface area contributed by atoms with Gasteiger partial charge in [-0.3, -0.25) is 4.79 Å². The molecular weight excluding hydrogens is 408 g/mol. The van der Waals surface area contributed by atoms with Crippen molar-refractivity contribution in [2.24, 2.45) is 0 Å². The predicted octanol–water partition coefficient (Wildman–Crippen LogP) is 4.24. The summed E-state index contributed by atoms with van der Waals surface area (Å²) in [5.74, 6) is 7.63. The second kappa shape index (κ2) is 7.96. The summed E-state index contributed by atoms with van der Waals surface area (Å²) in [5.41, 5.74) is 0.741. The van der Waals surface area contributed by atoms with Crippen LogP contribution >= 0.6 is 39.0 Å². The molecule has 5 nitrogen and oxygen atoms in total. The number of carbonyl (C=O) groups is 1. The van der Waals surface area contributed by atoms with Crippen LogP contribution in [-0.2, 0) is 0 Å². The Morgan fingerprint density at radius 3 is 2.75 bits per heavy atom. The van der Waals surface area contributed by atoms with Crippen molar-refractivity contribution in [3.63, 3.8) is 0 Å². The van der Waals surface area contributed by atoms with Crippen LogP contribution in [-0.4, -0.2) is 26.4 Å². The highest BCUT2D eigenvalue weighted by atomic mass is 79.9. The molecule has 0 aliphatic heterocycles. The molecule has 0 amide bonds. The van der Waals surface area contributed by atoms with E-state index in [2.05, 4.69) is 26.1 Å². The fourth-order valence-corrected chi connectivity index (χ4v) is 3.89. The zero-order chi connectivity index (χ0) is 16.9. The molecule has 0 atom stereocenters. The summed E-state index contributed by atoms with van der Waals surface area (Å²) in [6.07, 6.45) is 1.27. The van der Waals surface area contributed by atoms with Gasteiger partial charge in [0.05, 0.1) is 4.88 Å². The summed E-state index contributed by atoms with van der Waals surface area (Å²) >= 11 is 6.45. The molecule has 0 unspecified atom stereocenters. The average Bonchev–Trinajstić information content (AvgIpc) is 3.22. The van der Waals surface area contributed by atoms with Crippen molar-refractivity contribution >= 4 is 44.8 Å². The van der Waals surface area contributed by atoms with E-state index in [0.717, 1.165) is 27.1 Å². The molecule has 0 spiro atoms. The summed E-state index contributed by atoms with van der Waals surface area (Å²) < 4.78 is 2.48. The van der Waals surface area contributed by atoms with Gasteiger partial charge >= 0.3 is 0 Å². The molecule has 2 N–H and O–H groups in total. The molecule has 0 bridgehead atoms. The van der Waals surface area contributed by atoms with Gasteiger partial charge in [0, 0.05) is 22.2 Å². The summed E-state index contributed by atoms with van der Waals surface area (Å²) in [5, 5.41) is 10.9. The van der Waals surface area contributed by atoms with Crippen LogP contribution < -0.4 is 5.84 Å². The van der Waals surface area contributed by atoms with Gasteiger partial charge in [0.25, 0.3) is 0 Å². The Labute approximate surface area is 156 Å². The standard InChI is InChI=1S/C16H15BrN4OS2/c17-12-7-5-11(6-8-12)13(22)3-1-10-24-16-20-19-15(21(16)18)14-4-2-9-23-14/h2,4-9H,1,3,10,18H2. The Kier molecular flexibility index (Phi) is 5.70. The van der Waals surface area contributed by atoms with Gasteiger partial charge in [-0.05, 0) is 30.0 Å². The van der Waals surface area contributed by atoms with Crippen LogP contribution in [0.15, 0.2) is 51.4 Å². The van der Waals surface area contributed by atoms with Crippen molar-refractivity contribution in [1.29, 1.82) is 0 Å². The van der Waals surface area contributed by atoms with Crippen molar-refractivity contribution in [2.45, 2.75) is 18.0 Å².